The lowest BCUT2D eigenvalue weighted by molar-refractivity contribution is 0.568. The maximum Gasteiger partial charge on any atom is 0.0956 e. The summed E-state index contributed by atoms with van der Waals surface area (Å²) in [6.45, 7) is 5.10. The van der Waals surface area contributed by atoms with Crippen LogP contribution in [-0.2, 0) is 6.54 Å². The Kier molecular flexibility index (Phi) is 5.68. The molecule has 1 aromatic heterocycles. The molecule has 2 N–H and O–H groups in total. The maximum atomic E-state index is 6.30. The van der Waals surface area contributed by atoms with E-state index in [9.17, 15) is 0 Å². The Hall–Kier alpha value is -1.03. The van der Waals surface area contributed by atoms with Gasteiger partial charge in [0.25, 0.3) is 0 Å². The summed E-state index contributed by atoms with van der Waals surface area (Å²) < 4.78 is 2.14. The van der Waals surface area contributed by atoms with Crippen LogP contribution in [-0.4, -0.2) is 9.55 Å². The molecule has 0 aliphatic heterocycles. The van der Waals surface area contributed by atoms with Gasteiger partial charge in [-0.25, -0.2) is 4.98 Å². The lowest BCUT2D eigenvalue weighted by atomic mass is 10.1. The van der Waals surface area contributed by atoms with Gasteiger partial charge in [0.05, 0.1) is 22.7 Å². The van der Waals surface area contributed by atoms with Crippen molar-refractivity contribution < 1.29 is 0 Å². The van der Waals surface area contributed by atoms with Crippen molar-refractivity contribution in [2.75, 3.05) is 0 Å². The van der Waals surface area contributed by atoms with Crippen molar-refractivity contribution in [2.45, 2.75) is 45.7 Å². The molecule has 21 heavy (non-hydrogen) atoms. The van der Waals surface area contributed by atoms with Gasteiger partial charge in [-0.05, 0) is 31.5 Å². The number of nitrogens with two attached hydrogens (primary N) is 1. The average Bonchev–Trinajstić information content (AvgIpc) is 2.83. The number of benzene rings is 1. The van der Waals surface area contributed by atoms with Gasteiger partial charge >= 0.3 is 0 Å². The third-order valence-electron chi connectivity index (χ3n) is 3.50. The number of nitrogens with zero attached hydrogens (tertiary/aromatic N) is 2. The summed E-state index contributed by atoms with van der Waals surface area (Å²) in [6, 6.07) is 5.36. The smallest absolute Gasteiger partial charge is 0.0956 e. The molecule has 0 radical (unpaired) electrons. The summed E-state index contributed by atoms with van der Waals surface area (Å²) in [6.07, 6.45) is 5.38. The molecule has 114 valence electrons. The van der Waals surface area contributed by atoms with E-state index in [2.05, 4.69) is 16.5 Å². The molecule has 0 saturated heterocycles. The predicted molar refractivity (Wildman–Crippen MR) is 89.8 cm³/mol. The molecule has 0 saturated carbocycles. The van der Waals surface area contributed by atoms with Gasteiger partial charge in [0.2, 0.25) is 0 Å². The van der Waals surface area contributed by atoms with E-state index in [0.717, 1.165) is 29.9 Å². The van der Waals surface area contributed by atoms with Gasteiger partial charge in [-0.1, -0.05) is 43.0 Å². The van der Waals surface area contributed by atoms with Crippen LogP contribution in [0.2, 0.25) is 10.0 Å². The zero-order chi connectivity index (χ0) is 15.4. The minimum absolute atomic E-state index is 0.101. The van der Waals surface area contributed by atoms with Gasteiger partial charge in [0.15, 0.2) is 0 Å². The fraction of sp³-hybridized carbons (Fsp3) is 0.438. The van der Waals surface area contributed by atoms with Crippen molar-refractivity contribution in [3.63, 3.8) is 0 Å². The van der Waals surface area contributed by atoms with Crippen molar-refractivity contribution in [3.05, 3.63) is 40.3 Å². The first kappa shape index (κ1) is 16.3. The fourth-order valence-corrected chi connectivity index (χ4v) is 2.97. The van der Waals surface area contributed by atoms with Gasteiger partial charge in [-0.3, -0.25) is 0 Å². The van der Waals surface area contributed by atoms with Gasteiger partial charge in [0, 0.05) is 23.2 Å². The summed E-state index contributed by atoms with van der Waals surface area (Å²) in [5.41, 5.74) is 8.90. The molecule has 1 atom stereocenters. The lowest BCUT2D eigenvalue weighted by Crippen LogP contribution is -2.13. The van der Waals surface area contributed by atoms with Crippen LogP contribution in [0.1, 0.15) is 44.8 Å². The summed E-state index contributed by atoms with van der Waals surface area (Å²) in [7, 11) is 0. The molecule has 1 aromatic carbocycles. The quantitative estimate of drug-likeness (QED) is 0.754. The van der Waals surface area contributed by atoms with E-state index < -0.39 is 0 Å². The lowest BCUT2D eigenvalue weighted by Gasteiger charge is -2.14. The summed E-state index contributed by atoms with van der Waals surface area (Å²) in [5.74, 6) is 0. The molecule has 0 spiro atoms. The Morgan fingerprint density at radius 2 is 2.05 bits per heavy atom. The van der Waals surface area contributed by atoms with E-state index in [1.54, 1.807) is 6.07 Å². The first-order valence-corrected chi connectivity index (χ1v) is 8.06. The van der Waals surface area contributed by atoms with Crippen molar-refractivity contribution in [3.8, 4) is 11.3 Å². The highest BCUT2D eigenvalue weighted by Crippen LogP contribution is 2.33. The fourth-order valence-electron chi connectivity index (χ4n) is 2.47. The highest BCUT2D eigenvalue weighted by atomic mass is 35.5. The molecule has 0 aliphatic rings. The minimum atomic E-state index is -0.101. The second-order valence-corrected chi connectivity index (χ2v) is 6.14. The van der Waals surface area contributed by atoms with Gasteiger partial charge in [-0.2, -0.15) is 0 Å². The number of hydrogen-bond acceptors (Lipinski definition) is 2. The molecule has 1 unspecified atom stereocenters. The highest BCUT2D eigenvalue weighted by Gasteiger charge is 2.18. The molecule has 2 rings (SSSR count). The van der Waals surface area contributed by atoms with Crippen molar-refractivity contribution in [2.24, 2.45) is 5.73 Å². The van der Waals surface area contributed by atoms with Crippen molar-refractivity contribution in [1.82, 2.24) is 9.55 Å². The maximum absolute atomic E-state index is 6.30. The summed E-state index contributed by atoms with van der Waals surface area (Å²) >= 11 is 12.3. The second-order valence-electron chi connectivity index (χ2n) is 5.29. The zero-order valence-electron chi connectivity index (χ0n) is 12.4. The summed E-state index contributed by atoms with van der Waals surface area (Å²) in [4.78, 5) is 4.53. The van der Waals surface area contributed by atoms with E-state index in [1.165, 1.54) is 12.8 Å². The summed E-state index contributed by atoms with van der Waals surface area (Å²) in [5, 5.41) is 1.22. The number of aryl methyl sites for hydroxylation is 1. The monoisotopic (exact) mass is 325 g/mol. The highest BCUT2D eigenvalue weighted by molar-refractivity contribution is 6.36. The van der Waals surface area contributed by atoms with E-state index in [4.69, 9.17) is 28.9 Å². The van der Waals surface area contributed by atoms with Gasteiger partial charge in [-0.15, -0.1) is 0 Å². The molecular weight excluding hydrogens is 305 g/mol. The first-order chi connectivity index (χ1) is 10.0. The Bertz CT molecular complexity index is 606. The predicted octanol–water partition coefficient (Wildman–Crippen LogP) is 5.07. The van der Waals surface area contributed by atoms with E-state index in [1.807, 2.05) is 25.4 Å². The molecule has 5 heteroatoms. The van der Waals surface area contributed by atoms with Crippen LogP contribution >= 0.6 is 23.2 Å². The Balaban J connectivity index is 2.39. The van der Waals surface area contributed by atoms with E-state index in [0.29, 0.717) is 10.0 Å². The topological polar surface area (TPSA) is 43.8 Å². The number of imidazole rings is 1. The van der Waals surface area contributed by atoms with E-state index in [-0.39, 0.29) is 6.04 Å². The third-order valence-corrected chi connectivity index (χ3v) is 4.05. The number of hydrogen-bond donors (Lipinski definition) is 1. The largest absolute Gasteiger partial charge is 0.333 e. The molecule has 0 bridgehead atoms. The molecule has 0 fully saturated rings. The van der Waals surface area contributed by atoms with Crippen LogP contribution in [0.15, 0.2) is 24.5 Å². The van der Waals surface area contributed by atoms with Crippen LogP contribution in [0.4, 0.5) is 0 Å². The van der Waals surface area contributed by atoms with Crippen LogP contribution in [0.25, 0.3) is 11.3 Å². The Labute approximate surface area is 136 Å². The third kappa shape index (κ3) is 3.79. The Morgan fingerprint density at radius 1 is 1.29 bits per heavy atom. The minimum Gasteiger partial charge on any atom is -0.333 e. The van der Waals surface area contributed by atoms with Crippen LogP contribution in [0.3, 0.4) is 0 Å². The molecule has 0 aliphatic carbocycles. The zero-order valence-corrected chi connectivity index (χ0v) is 14.0. The molecule has 3 nitrogen and oxygen atoms in total. The molecule has 1 heterocycles. The number of unbranched alkanes of at least 4 members (excludes halogenated alkanes) is 2. The second kappa shape index (κ2) is 7.30. The first-order valence-electron chi connectivity index (χ1n) is 7.30. The van der Waals surface area contributed by atoms with Crippen molar-refractivity contribution in [1.29, 1.82) is 0 Å². The van der Waals surface area contributed by atoms with Crippen LogP contribution in [0.5, 0.6) is 0 Å². The molecule has 2 aromatic rings. The normalized spacial score (nSPS) is 12.6. The average molecular weight is 326 g/mol. The SMILES string of the molecule is CCCCCn1cnc(-c2ccc(Cl)cc2Cl)c1C(C)N. The Morgan fingerprint density at radius 3 is 2.67 bits per heavy atom. The van der Waals surface area contributed by atoms with Crippen LogP contribution in [0, 0.1) is 0 Å². The van der Waals surface area contributed by atoms with Crippen LogP contribution < -0.4 is 5.73 Å². The molecule has 0 amide bonds. The van der Waals surface area contributed by atoms with E-state index >= 15 is 0 Å². The van der Waals surface area contributed by atoms with Gasteiger partial charge in [0.1, 0.15) is 0 Å². The number of aromatic nitrogens is 2. The number of halogens is 2. The molecular formula is C16H21Cl2N3. The van der Waals surface area contributed by atoms with Gasteiger partial charge < -0.3 is 10.3 Å². The van der Waals surface area contributed by atoms with Crippen molar-refractivity contribution >= 4 is 23.2 Å². The number of rotatable bonds is 6. The standard InChI is InChI=1S/C16H21Cl2N3/c1-3-4-5-8-21-10-20-15(16(21)11(2)19)13-7-6-12(17)9-14(13)18/h6-7,9-11H,3-5,8,19H2,1-2H3.